The van der Waals surface area contributed by atoms with Crippen LogP contribution in [0.3, 0.4) is 0 Å². The molecule has 146 valence electrons. The summed E-state index contributed by atoms with van der Waals surface area (Å²) in [6, 6.07) is 15.2. The number of ether oxygens (including phenoxy) is 1. The molecule has 0 bridgehead atoms. The van der Waals surface area contributed by atoms with Gasteiger partial charge in [-0.1, -0.05) is 17.7 Å². The van der Waals surface area contributed by atoms with E-state index in [1.165, 1.54) is 0 Å². The zero-order valence-corrected chi connectivity index (χ0v) is 16.7. The van der Waals surface area contributed by atoms with Gasteiger partial charge in [-0.3, -0.25) is 0 Å². The number of hydrogen-bond donors (Lipinski definition) is 0. The van der Waals surface area contributed by atoms with E-state index in [-0.39, 0.29) is 5.89 Å². The molecule has 1 aromatic heterocycles. The second-order valence-electron chi connectivity index (χ2n) is 6.58. The number of nitrogens with zero attached hydrogens (tertiary/aromatic N) is 3. The van der Waals surface area contributed by atoms with Crippen LogP contribution in [0.15, 0.2) is 52.9 Å². The molecule has 0 amide bonds. The minimum Gasteiger partial charge on any atom is -0.449 e. The normalized spacial score (nSPS) is 11.9. The largest absolute Gasteiger partial charge is 0.449 e. The van der Waals surface area contributed by atoms with Crippen molar-refractivity contribution in [2.24, 2.45) is 0 Å². The Morgan fingerprint density at radius 1 is 1.04 bits per heavy atom. The topological polar surface area (TPSA) is 68.5 Å². The van der Waals surface area contributed by atoms with Crippen LogP contribution in [0.25, 0.3) is 11.5 Å². The summed E-state index contributed by atoms with van der Waals surface area (Å²) in [5, 5.41) is 8.07. The fourth-order valence-electron chi connectivity index (χ4n) is 2.89. The Morgan fingerprint density at radius 3 is 2.29 bits per heavy atom. The summed E-state index contributed by atoms with van der Waals surface area (Å²) in [4.78, 5) is 14.6. The lowest BCUT2D eigenvalue weighted by Crippen LogP contribution is -2.21. The molecule has 0 fully saturated rings. The molecule has 6 nitrogen and oxygen atoms in total. The molecule has 1 atom stereocenters. The predicted octanol–water partition coefficient (Wildman–Crippen LogP) is 4.81. The number of esters is 1. The average Bonchev–Trinajstić information content (AvgIpc) is 3.20. The molecule has 0 aliphatic rings. The monoisotopic (exact) mass is 379 g/mol. The molecule has 28 heavy (non-hydrogen) atoms. The number of aromatic nitrogens is 2. The molecule has 1 heterocycles. The van der Waals surface area contributed by atoms with Gasteiger partial charge in [0.1, 0.15) is 0 Å². The smallest absolute Gasteiger partial charge is 0.338 e. The lowest BCUT2D eigenvalue weighted by atomic mass is 10.1. The van der Waals surface area contributed by atoms with E-state index in [2.05, 4.69) is 28.9 Å². The highest BCUT2D eigenvalue weighted by Crippen LogP contribution is 2.24. The second-order valence-corrected chi connectivity index (χ2v) is 6.58. The third-order valence-corrected chi connectivity index (χ3v) is 4.60. The lowest BCUT2D eigenvalue weighted by Gasteiger charge is -2.21. The van der Waals surface area contributed by atoms with E-state index < -0.39 is 12.1 Å². The van der Waals surface area contributed by atoms with Crippen LogP contribution in [0.5, 0.6) is 0 Å². The molecule has 0 saturated heterocycles. The molecule has 0 aliphatic heterocycles. The summed E-state index contributed by atoms with van der Waals surface area (Å²) in [6.07, 6.45) is -0.637. The number of benzene rings is 2. The van der Waals surface area contributed by atoms with Crippen molar-refractivity contribution in [3.63, 3.8) is 0 Å². The SMILES string of the molecule is CCN(CC)c1ccc(C(=O)O[C@H](C)c2nnc(-c3ccc(C)cc3)o2)cc1. The molecule has 6 heteroatoms. The summed E-state index contributed by atoms with van der Waals surface area (Å²) < 4.78 is 11.2. The van der Waals surface area contributed by atoms with Gasteiger partial charge in [0.2, 0.25) is 5.89 Å². The van der Waals surface area contributed by atoms with Crippen molar-refractivity contribution in [3.05, 3.63) is 65.5 Å². The maximum absolute atomic E-state index is 12.4. The highest BCUT2D eigenvalue weighted by molar-refractivity contribution is 5.90. The van der Waals surface area contributed by atoms with E-state index in [0.29, 0.717) is 11.5 Å². The number of carbonyl (C=O) groups excluding carboxylic acids is 1. The third-order valence-electron chi connectivity index (χ3n) is 4.60. The van der Waals surface area contributed by atoms with Gasteiger partial charge < -0.3 is 14.1 Å². The maximum Gasteiger partial charge on any atom is 0.338 e. The number of rotatable bonds is 7. The van der Waals surface area contributed by atoms with Crippen molar-refractivity contribution in [2.75, 3.05) is 18.0 Å². The van der Waals surface area contributed by atoms with Gasteiger partial charge in [-0.2, -0.15) is 0 Å². The van der Waals surface area contributed by atoms with E-state index in [9.17, 15) is 4.79 Å². The second kappa shape index (κ2) is 8.69. The highest BCUT2D eigenvalue weighted by Gasteiger charge is 2.20. The minimum atomic E-state index is -0.637. The van der Waals surface area contributed by atoms with Crippen LogP contribution in [0.1, 0.15) is 48.7 Å². The summed E-state index contributed by atoms with van der Waals surface area (Å²) in [5.41, 5.74) is 3.54. The fourth-order valence-corrected chi connectivity index (χ4v) is 2.89. The number of aryl methyl sites for hydroxylation is 1. The number of carbonyl (C=O) groups is 1. The number of anilines is 1. The first kappa shape index (κ1) is 19.6. The zero-order chi connectivity index (χ0) is 20.1. The average molecular weight is 379 g/mol. The van der Waals surface area contributed by atoms with Crippen LogP contribution >= 0.6 is 0 Å². The van der Waals surface area contributed by atoms with Crippen molar-refractivity contribution < 1.29 is 13.9 Å². The van der Waals surface area contributed by atoms with Crippen LogP contribution in [0.2, 0.25) is 0 Å². The molecule has 3 aromatic rings. The Hall–Kier alpha value is -3.15. The van der Waals surface area contributed by atoms with Crippen molar-refractivity contribution >= 4 is 11.7 Å². The van der Waals surface area contributed by atoms with Crippen molar-refractivity contribution in [3.8, 4) is 11.5 Å². The molecule has 0 aliphatic carbocycles. The molecular formula is C22H25N3O3. The summed E-state index contributed by atoms with van der Waals surface area (Å²) in [5.74, 6) is 0.249. The summed E-state index contributed by atoms with van der Waals surface area (Å²) >= 11 is 0. The molecule has 2 aromatic carbocycles. The molecular weight excluding hydrogens is 354 g/mol. The van der Waals surface area contributed by atoms with Crippen LogP contribution in [0.4, 0.5) is 5.69 Å². The van der Waals surface area contributed by atoms with Crippen molar-refractivity contribution in [1.29, 1.82) is 0 Å². The molecule has 0 unspecified atom stereocenters. The molecule has 0 saturated carbocycles. The Bertz CT molecular complexity index is 913. The van der Waals surface area contributed by atoms with Crippen LogP contribution in [0, 0.1) is 6.92 Å². The molecule has 3 rings (SSSR count). The number of hydrogen-bond acceptors (Lipinski definition) is 6. The van der Waals surface area contributed by atoms with E-state index in [1.54, 1.807) is 19.1 Å². The summed E-state index contributed by atoms with van der Waals surface area (Å²) in [6.45, 7) is 9.76. The van der Waals surface area contributed by atoms with Crippen LogP contribution < -0.4 is 4.90 Å². The Kier molecular flexibility index (Phi) is 6.09. The standard InChI is InChI=1S/C22H25N3O3/c1-5-25(6-2)19-13-11-18(12-14-19)22(26)27-16(4)20-23-24-21(28-20)17-9-7-15(3)8-10-17/h7-14,16H,5-6H2,1-4H3/t16-/m1/s1. The summed E-state index contributed by atoms with van der Waals surface area (Å²) in [7, 11) is 0. The first-order valence-corrected chi connectivity index (χ1v) is 9.48. The Morgan fingerprint density at radius 2 is 1.68 bits per heavy atom. The molecule has 0 spiro atoms. The fraction of sp³-hybridized carbons (Fsp3) is 0.318. The van der Waals surface area contributed by atoms with Crippen molar-refractivity contribution in [2.45, 2.75) is 33.8 Å². The van der Waals surface area contributed by atoms with Gasteiger partial charge in [-0.05, 0) is 64.1 Å². The van der Waals surface area contributed by atoms with E-state index in [0.717, 1.165) is 29.9 Å². The first-order valence-electron chi connectivity index (χ1n) is 9.48. The lowest BCUT2D eigenvalue weighted by molar-refractivity contribution is 0.0280. The molecule has 0 radical (unpaired) electrons. The van der Waals surface area contributed by atoms with Crippen molar-refractivity contribution in [1.82, 2.24) is 10.2 Å². The van der Waals surface area contributed by atoms with Gasteiger partial charge in [0, 0.05) is 24.3 Å². The van der Waals surface area contributed by atoms with Gasteiger partial charge in [-0.25, -0.2) is 4.79 Å². The third kappa shape index (κ3) is 4.39. The van der Waals surface area contributed by atoms with Crippen LogP contribution in [-0.2, 0) is 4.74 Å². The first-order chi connectivity index (χ1) is 13.5. The van der Waals surface area contributed by atoms with Gasteiger partial charge in [-0.15, -0.1) is 10.2 Å². The van der Waals surface area contributed by atoms with Gasteiger partial charge in [0.05, 0.1) is 5.56 Å². The Balaban J connectivity index is 1.66. The quantitative estimate of drug-likeness (QED) is 0.549. The Labute approximate surface area is 165 Å². The maximum atomic E-state index is 12.4. The zero-order valence-electron chi connectivity index (χ0n) is 16.7. The predicted molar refractivity (Wildman–Crippen MR) is 108 cm³/mol. The van der Waals surface area contributed by atoms with E-state index in [1.807, 2.05) is 43.3 Å². The van der Waals surface area contributed by atoms with E-state index >= 15 is 0 Å². The highest BCUT2D eigenvalue weighted by atomic mass is 16.6. The van der Waals surface area contributed by atoms with Gasteiger partial charge >= 0.3 is 5.97 Å². The van der Waals surface area contributed by atoms with Gasteiger partial charge in [0.15, 0.2) is 6.10 Å². The molecule has 0 N–H and O–H groups in total. The minimum absolute atomic E-state index is 0.267. The van der Waals surface area contributed by atoms with Gasteiger partial charge in [0.25, 0.3) is 5.89 Å². The van der Waals surface area contributed by atoms with E-state index in [4.69, 9.17) is 9.15 Å². The van der Waals surface area contributed by atoms with Crippen LogP contribution in [-0.4, -0.2) is 29.3 Å².